The first-order valence-electron chi connectivity index (χ1n) is 9.25. The molecule has 0 radical (unpaired) electrons. The summed E-state index contributed by atoms with van der Waals surface area (Å²) < 4.78 is 42.0. The molecule has 2 heterocycles. The molecule has 0 bridgehead atoms. The number of piperazine rings is 1. The van der Waals surface area contributed by atoms with E-state index in [0.717, 1.165) is 0 Å². The fourth-order valence-corrected chi connectivity index (χ4v) is 5.46. The van der Waals surface area contributed by atoms with Gasteiger partial charge in [0.1, 0.15) is 16.5 Å². The molecule has 0 atom stereocenters. The van der Waals surface area contributed by atoms with Gasteiger partial charge in [-0.2, -0.15) is 4.31 Å². The lowest BCUT2D eigenvalue weighted by atomic mass is 10.2. The molecule has 0 aliphatic carbocycles. The van der Waals surface area contributed by atoms with E-state index in [1.807, 2.05) is 7.05 Å². The molecule has 1 N–H and O–H groups in total. The molecule has 6 nitrogen and oxygen atoms in total. The Hall–Kier alpha value is -1.78. The molecule has 1 aliphatic rings. The van der Waals surface area contributed by atoms with E-state index in [1.54, 1.807) is 30.5 Å². The molecule has 1 saturated heterocycles. The number of benzene rings is 2. The third-order valence-corrected chi connectivity index (χ3v) is 8.10. The molecule has 10 heteroatoms. The molecule has 0 saturated carbocycles. The van der Waals surface area contributed by atoms with Crippen LogP contribution < -0.4 is 0 Å². The van der Waals surface area contributed by atoms with Crippen LogP contribution in [0.4, 0.5) is 4.39 Å². The Morgan fingerprint density at radius 1 is 1.10 bits per heavy atom. The maximum absolute atomic E-state index is 13.9. The van der Waals surface area contributed by atoms with Gasteiger partial charge in [-0.3, -0.25) is 0 Å². The summed E-state index contributed by atoms with van der Waals surface area (Å²) in [4.78, 5) is 9.67. The number of likely N-dealkylation sites (N-methyl/N-ethyl adjacent to an activating group) is 1. The number of aromatic amines is 1. The van der Waals surface area contributed by atoms with Gasteiger partial charge >= 0.3 is 0 Å². The van der Waals surface area contributed by atoms with Crippen LogP contribution in [-0.4, -0.2) is 60.8 Å². The van der Waals surface area contributed by atoms with E-state index in [0.29, 0.717) is 53.3 Å². The largest absolute Gasteiger partial charge is 0.344 e. The predicted octanol–water partition coefficient (Wildman–Crippen LogP) is 4.23. The number of hydrogen-bond acceptors (Lipinski definition) is 4. The molecular weight excluding hydrogens is 495 g/mol. The van der Waals surface area contributed by atoms with E-state index < -0.39 is 10.0 Å². The zero-order chi connectivity index (χ0) is 21.5. The van der Waals surface area contributed by atoms with Crippen molar-refractivity contribution in [2.75, 3.05) is 33.2 Å². The highest BCUT2D eigenvalue weighted by atomic mass is 79.9. The first-order chi connectivity index (χ1) is 14.3. The van der Waals surface area contributed by atoms with E-state index in [1.165, 1.54) is 16.4 Å². The molecule has 4 rings (SSSR count). The van der Waals surface area contributed by atoms with Crippen LogP contribution >= 0.6 is 27.5 Å². The molecule has 30 heavy (non-hydrogen) atoms. The number of rotatable bonds is 4. The van der Waals surface area contributed by atoms with Gasteiger partial charge < -0.3 is 9.88 Å². The number of sulfonamides is 1. The zero-order valence-electron chi connectivity index (χ0n) is 16.1. The Kier molecular flexibility index (Phi) is 6.00. The van der Waals surface area contributed by atoms with Gasteiger partial charge in [0.05, 0.1) is 15.2 Å². The van der Waals surface area contributed by atoms with Crippen molar-refractivity contribution in [2.45, 2.75) is 4.90 Å². The maximum Gasteiger partial charge on any atom is 0.244 e. The number of nitrogens with zero attached hydrogens (tertiary/aromatic N) is 3. The molecule has 158 valence electrons. The van der Waals surface area contributed by atoms with E-state index in [2.05, 4.69) is 30.8 Å². The van der Waals surface area contributed by atoms with Crippen LogP contribution in [0.5, 0.6) is 0 Å². The zero-order valence-corrected chi connectivity index (χ0v) is 19.2. The van der Waals surface area contributed by atoms with Gasteiger partial charge in [-0.05, 0) is 53.3 Å². The van der Waals surface area contributed by atoms with Gasteiger partial charge in [0.25, 0.3) is 0 Å². The van der Waals surface area contributed by atoms with Crippen LogP contribution in [-0.2, 0) is 10.0 Å². The topological polar surface area (TPSA) is 69.3 Å². The van der Waals surface area contributed by atoms with Gasteiger partial charge in [-0.1, -0.05) is 17.7 Å². The summed E-state index contributed by atoms with van der Waals surface area (Å²) >= 11 is 9.39. The highest BCUT2D eigenvalue weighted by molar-refractivity contribution is 9.10. The van der Waals surface area contributed by atoms with Crippen LogP contribution in [0.3, 0.4) is 0 Å². The third kappa shape index (κ3) is 4.17. The Bertz CT molecular complexity index is 1190. The monoisotopic (exact) mass is 512 g/mol. The van der Waals surface area contributed by atoms with Gasteiger partial charge in [-0.25, -0.2) is 17.8 Å². The lowest BCUT2D eigenvalue weighted by molar-refractivity contribution is 0.222. The van der Waals surface area contributed by atoms with Crippen LogP contribution in [0.2, 0.25) is 5.02 Å². The van der Waals surface area contributed by atoms with Gasteiger partial charge in [0, 0.05) is 43.5 Å². The van der Waals surface area contributed by atoms with E-state index >= 15 is 0 Å². The van der Waals surface area contributed by atoms with Gasteiger partial charge in [0.2, 0.25) is 10.0 Å². The highest BCUT2D eigenvalue weighted by Gasteiger charge is 2.29. The number of hydrogen-bond donors (Lipinski definition) is 1. The van der Waals surface area contributed by atoms with Gasteiger partial charge in [0.15, 0.2) is 0 Å². The van der Waals surface area contributed by atoms with Crippen LogP contribution in [0.1, 0.15) is 0 Å². The molecule has 0 amide bonds. The Morgan fingerprint density at radius 2 is 1.80 bits per heavy atom. The summed E-state index contributed by atoms with van der Waals surface area (Å²) in [5.74, 6) is 0.0870. The average molecular weight is 514 g/mol. The van der Waals surface area contributed by atoms with Crippen molar-refractivity contribution in [3.8, 4) is 22.6 Å². The Balaban J connectivity index is 1.67. The summed E-state index contributed by atoms with van der Waals surface area (Å²) in [5, 5.41) is 0.166. The molecule has 1 aromatic heterocycles. The molecule has 3 aromatic rings. The van der Waals surface area contributed by atoms with Gasteiger partial charge in [-0.15, -0.1) is 0 Å². The summed E-state index contributed by atoms with van der Waals surface area (Å²) in [6.45, 7) is 2.17. The van der Waals surface area contributed by atoms with Crippen molar-refractivity contribution < 1.29 is 12.8 Å². The highest BCUT2D eigenvalue weighted by Crippen LogP contribution is 2.31. The molecular formula is C20H19BrClFN4O2S. The number of aromatic nitrogens is 2. The Morgan fingerprint density at radius 3 is 2.50 bits per heavy atom. The van der Waals surface area contributed by atoms with Crippen molar-refractivity contribution >= 4 is 37.6 Å². The van der Waals surface area contributed by atoms with Crippen LogP contribution in [0.25, 0.3) is 22.6 Å². The van der Waals surface area contributed by atoms with Crippen molar-refractivity contribution in [2.24, 2.45) is 0 Å². The number of nitrogens with one attached hydrogen (secondary N) is 1. The summed E-state index contributed by atoms with van der Waals surface area (Å²) in [6, 6.07) is 9.54. The normalized spacial score (nSPS) is 16.1. The predicted molar refractivity (Wildman–Crippen MR) is 118 cm³/mol. The average Bonchev–Trinajstić information content (AvgIpc) is 3.21. The van der Waals surface area contributed by atoms with E-state index in [9.17, 15) is 12.8 Å². The molecule has 1 fully saturated rings. The van der Waals surface area contributed by atoms with Crippen molar-refractivity contribution in [1.29, 1.82) is 0 Å². The summed E-state index contributed by atoms with van der Waals surface area (Å²) in [5.41, 5.74) is 1.74. The first kappa shape index (κ1) is 21.5. The minimum absolute atomic E-state index is 0.0545. The fraction of sp³-hybridized carbons (Fsp3) is 0.250. The van der Waals surface area contributed by atoms with Crippen molar-refractivity contribution in [1.82, 2.24) is 19.2 Å². The first-order valence-corrected chi connectivity index (χ1v) is 11.9. The smallest absolute Gasteiger partial charge is 0.244 e. The second-order valence-corrected chi connectivity index (χ2v) is 10.3. The number of imidazole rings is 1. The van der Waals surface area contributed by atoms with Crippen molar-refractivity contribution in [3.05, 3.63) is 57.9 Å². The lowest BCUT2D eigenvalue weighted by Crippen LogP contribution is -2.47. The lowest BCUT2D eigenvalue weighted by Gasteiger charge is -2.31. The number of H-pyrrole nitrogens is 1. The van der Waals surface area contributed by atoms with Crippen LogP contribution in [0.15, 0.2) is 52.0 Å². The molecule has 0 unspecified atom stereocenters. The summed E-state index contributed by atoms with van der Waals surface area (Å²) in [7, 11) is -1.76. The number of halogens is 3. The third-order valence-electron chi connectivity index (χ3n) is 5.08. The minimum atomic E-state index is -3.72. The second kappa shape index (κ2) is 8.39. The fourth-order valence-electron chi connectivity index (χ4n) is 3.29. The van der Waals surface area contributed by atoms with Crippen molar-refractivity contribution in [3.63, 3.8) is 0 Å². The molecule has 2 aromatic carbocycles. The minimum Gasteiger partial charge on any atom is -0.344 e. The summed E-state index contributed by atoms with van der Waals surface area (Å²) in [6.07, 6.45) is 1.65. The second-order valence-electron chi connectivity index (χ2n) is 7.12. The van der Waals surface area contributed by atoms with E-state index in [-0.39, 0.29) is 15.7 Å². The molecule has 0 spiro atoms. The Labute approximate surface area is 187 Å². The molecule has 1 aliphatic heterocycles. The van der Waals surface area contributed by atoms with E-state index in [4.69, 9.17) is 11.6 Å². The SMILES string of the molecule is CN1CCN(S(=O)(=O)c2cc(-c3nc(-c4ccc(Br)c(F)c4)c[nH]3)ccc2Cl)CC1. The maximum atomic E-state index is 13.9. The standard InChI is InChI=1S/C20H19BrClFN4O2S/c1-26-6-8-27(9-7-26)30(28,29)19-11-14(3-5-16(19)22)20-24-12-18(25-20)13-2-4-15(21)17(23)10-13/h2-5,10-12H,6-9H2,1H3,(H,24,25). The van der Waals surface area contributed by atoms with Crippen LogP contribution in [0, 0.1) is 5.82 Å². The quantitative estimate of drug-likeness (QED) is 0.567.